The number of hydrogen-bond acceptors (Lipinski definition) is 4. The summed E-state index contributed by atoms with van der Waals surface area (Å²) in [5.41, 5.74) is -0.146. The topological polar surface area (TPSA) is 52.6 Å². The van der Waals surface area contributed by atoms with E-state index >= 15 is 0 Å². The number of carbonyl (C=O) groups excluding carboxylic acids is 2. The zero-order valence-electron chi connectivity index (χ0n) is 23.9. The molecule has 0 heterocycles. The van der Waals surface area contributed by atoms with Crippen LogP contribution >= 0.6 is 0 Å². The summed E-state index contributed by atoms with van der Waals surface area (Å²) in [5, 5.41) is 0. The number of aryl methyl sites for hydroxylation is 1. The fraction of sp³-hybridized carbons (Fsp3) is 0.750. The maximum atomic E-state index is 13.0. The van der Waals surface area contributed by atoms with E-state index in [1.165, 1.54) is 83.5 Å². The lowest BCUT2D eigenvalue weighted by molar-refractivity contribution is -0.168. The van der Waals surface area contributed by atoms with Crippen LogP contribution in [0, 0.1) is 5.41 Å². The number of carbonyl (C=O) groups is 2. The smallest absolute Gasteiger partial charge is 0.328 e. The maximum Gasteiger partial charge on any atom is 0.328 e. The molecule has 1 aromatic carbocycles. The molecule has 0 radical (unpaired) electrons. The van der Waals surface area contributed by atoms with Gasteiger partial charge >= 0.3 is 11.9 Å². The average Bonchev–Trinajstić information content (AvgIpc) is 2.89. The highest BCUT2D eigenvalue weighted by Crippen LogP contribution is 2.31. The summed E-state index contributed by atoms with van der Waals surface area (Å²) in [6.07, 6.45) is 21.1. The average molecular weight is 503 g/mol. The molecule has 0 aliphatic carbocycles. The third-order valence-electron chi connectivity index (χ3n) is 7.49. The van der Waals surface area contributed by atoms with Crippen molar-refractivity contribution in [1.29, 1.82) is 0 Å². The fourth-order valence-corrected chi connectivity index (χ4v) is 4.72. The maximum absolute atomic E-state index is 13.0. The Balaban J connectivity index is 2.18. The minimum atomic E-state index is -1.24. The number of ether oxygens (including phenoxy) is 2. The first kappa shape index (κ1) is 32.2. The lowest BCUT2D eigenvalue weighted by Gasteiger charge is -2.26. The molecule has 0 atom stereocenters. The van der Waals surface area contributed by atoms with Crippen LogP contribution in [0.15, 0.2) is 24.3 Å². The van der Waals surface area contributed by atoms with Gasteiger partial charge in [-0.1, -0.05) is 130 Å². The number of unbranched alkanes of at least 4 members (excludes halogenated alkanes) is 14. The van der Waals surface area contributed by atoms with Crippen molar-refractivity contribution in [2.24, 2.45) is 5.41 Å². The second kappa shape index (κ2) is 20.2. The van der Waals surface area contributed by atoms with Crippen LogP contribution in [0.25, 0.3) is 0 Å². The Morgan fingerprint density at radius 3 is 1.64 bits per heavy atom. The molecule has 1 aromatic rings. The molecule has 0 amide bonds. The predicted octanol–water partition coefficient (Wildman–Crippen LogP) is 9.38. The van der Waals surface area contributed by atoms with Gasteiger partial charge in [0.15, 0.2) is 5.41 Å². The van der Waals surface area contributed by atoms with Crippen LogP contribution in [-0.4, -0.2) is 18.5 Å². The summed E-state index contributed by atoms with van der Waals surface area (Å²) in [4.78, 5) is 25.9. The first-order valence-corrected chi connectivity index (χ1v) is 15.0. The van der Waals surface area contributed by atoms with E-state index in [1.54, 1.807) is 6.07 Å². The summed E-state index contributed by atoms with van der Waals surface area (Å²) in [6.45, 7) is 8.40. The molecule has 0 fully saturated rings. The Labute approximate surface area is 221 Å². The predicted molar refractivity (Wildman–Crippen MR) is 150 cm³/mol. The van der Waals surface area contributed by atoms with E-state index in [9.17, 15) is 9.59 Å². The van der Waals surface area contributed by atoms with Crippen LogP contribution in [0.5, 0.6) is 5.75 Å². The van der Waals surface area contributed by atoms with Crippen molar-refractivity contribution in [3.8, 4) is 5.75 Å². The molecule has 0 aliphatic rings. The van der Waals surface area contributed by atoms with Gasteiger partial charge in [0.2, 0.25) is 0 Å². The highest BCUT2D eigenvalue weighted by molar-refractivity contribution is 6.00. The zero-order chi connectivity index (χ0) is 26.5. The molecular weight excluding hydrogens is 448 g/mol. The molecule has 0 unspecified atom stereocenters. The van der Waals surface area contributed by atoms with Gasteiger partial charge in [-0.15, -0.1) is 0 Å². The Kier molecular flexibility index (Phi) is 18.1. The zero-order valence-corrected chi connectivity index (χ0v) is 23.9. The van der Waals surface area contributed by atoms with Crippen LogP contribution in [-0.2, 0) is 20.7 Å². The standard InChI is InChI=1S/C32H54O4/c1-5-9-10-11-12-13-14-15-16-17-18-19-20-21-22-26-35-30(33)32(7-3,8-4)31(34)36-29-25-23-24-28(6-2)27-29/h23-25,27H,5-22,26H2,1-4H3. The van der Waals surface area contributed by atoms with Crippen molar-refractivity contribution in [2.45, 2.75) is 143 Å². The van der Waals surface area contributed by atoms with Crippen LogP contribution < -0.4 is 4.74 Å². The molecule has 0 aliphatic heterocycles. The Morgan fingerprint density at radius 2 is 1.17 bits per heavy atom. The first-order valence-electron chi connectivity index (χ1n) is 15.0. The van der Waals surface area contributed by atoms with E-state index in [-0.39, 0.29) is 0 Å². The van der Waals surface area contributed by atoms with Crippen molar-refractivity contribution >= 4 is 11.9 Å². The molecule has 36 heavy (non-hydrogen) atoms. The van der Waals surface area contributed by atoms with Crippen molar-refractivity contribution in [3.05, 3.63) is 29.8 Å². The highest BCUT2D eigenvalue weighted by Gasteiger charge is 2.46. The summed E-state index contributed by atoms with van der Waals surface area (Å²) in [5.74, 6) is -0.474. The third-order valence-corrected chi connectivity index (χ3v) is 7.49. The van der Waals surface area contributed by atoms with Gasteiger partial charge in [0, 0.05) is 0 Å². The normalized spacial score (nSPS) is 11.4. The minimum absolute atomic E-state index is 0.369. The van der Waals surface area contributed by atoms with E-state index in [1.807, 2.05) is 32.0 Å². The largest absolute Gasteiger partial charge is 0.465 e. The van der Waals surface area contributed by atoms with E-state index in [2.05, 4.69) is 13.8 Å². The lowest BCUT2D eigenvalue weighted by Crippen LogP contribution is -2.42. The van der Waals surface area contributed by atoms with Gasteiger partial charge in [-0.3, -0.25) is 9.59 Å². The van der Waals surface area contributed by atoms with Gasteiger partial charge in [-0.05, 0) is 43.4 Å². The van der Waals surface area contributed by atoms with Gasteiger partial charge in [0.25, 0.3) is 0 Å². The summed E-state index contributed by atoms with van der Waals surface area (Å²) < 4.78 is 11.2. The second-order valence-corrected chi connectivity index (χ2v) is 10.3. The van der Waals surface area contributed by atoms with Crippen LogP contribution in [0.3, 0.4) is 0 Å². The molecule has 0 aromatic heterocycles. The van der Waals surface area contributed by atoms with E-state index in [4.69, 9.17) is 9.47 Å². The van der Waals surface area contributed by atoms with Crippen LogP contribution in [0.1, 0.15) is 142 Å². The molecule has 4 nitrogen and oxygen atoms in total. The number of benzene rings is 1. The van der Waals surface area contributed by atoms with E-state index in [0.29, 0.717) is 25.2 Å². The molecule has 0 saturated carbocycles. The Morgan fingerprint density at radius 1 is 0.667 bits per heavy atom. The van der Waals surface area contributed by atoms with E-state index < -0.39 is 17.4 Å². The van der Waals surface area contributed by atoms with Gasteiger partial charge < -0.3 is 9.47 Å². The van der Waals surface area contributed by atoms with Crippen molar-refractivity contribution in [3.63, 3.8) is 0 Å². The molecule has 1 rings (SSSR count). The summed E-state index contributed by atoms with van der Waals surface area (Å²) in [6, 6.07) is 7.48. The molecule has 0 bridgehead atoms. The van der Waals surface area contributed by atoms with E-state index in [0.717, 1.165) is 24.8 Å². The van der Waals surface area contributed by atoms with Crippen molar-refractivity contribution in [1.82, 2.24) is 0 Å². The quantitative estimate of drug-likeness (QED) is 0.0686. The van der Waals surface area contributed by atoms with Crippen molar-refractivity contribution < 1.29 is 19.1 Å². The molecule has 0 saturated heterocycles. The highest BCUT2D eigenvalue weighted by atomic mass is 16.6. The summed E-state index contributed by atoms with van der Waals surface area (Å²) in [7, 11) is 0. The molecular formula is C32H54O4. The van der Waals surface area contributed by atoms with Crippen molar-refractivity contribution in [2.75, 3.05) is 6.61 Å². The Bertz CT molecular complexity index is 708. The minimum Gasteiger partial charge on any atom is -0.465 e. The molecule has 4 heteroatoms. The van der Waals surface area contributed by atoms with Gasteiger partial charge in [-0.2, -0.15) is 0 Å². The number of hydrogen-bond donors (Lipinski definition) is 0. The summed E-state index contributed by atoms with van der Waals surface area (Å²) >= 11 is 0. The van der Waals surface area contributed by atoms with Crippen LogP contribution in [0.4, 0.5) is 0 Å². The second-order valence-electron chi connectivity index (χ2n) is 10.3. The molecule has 0 N–H and O–H groups in total. The Hall–Kier alpha value is -1.84. The molecule has 206 valence electrons. The first-order chi connectivity index (χ1) is 17.5. The fourth-order valence-electron chi connectivity index (χ4n) is 4.72. The van der Waals surface area contributed by atoms with Gasteiger partial charge in [0.05, 0.1) is 6.61 Å². The van der Waals surface area contributed by atoms with Gasteiger partial charge in [0.1, 0.15) is 5.75 Å². The van der Waals surface area contributed by atoms with Gasteiger partial charge in [-0.25, -0.2) is 0 Å². The molecule has 0 spiro atoms. The van der Waals surface area contributed by atoms with Crippen LogP contribution in [0.2, 0.25) is 0 Å². The SMILES string of the molecule is CCCCCCCCCCCCCCCCCOC(=O)C(CC)(CC)C(=O)Oc1cccc(CC)c1. The number of esters is 2. The third kappa shape index (κ3) is 12.4. The number of rotatable bonds is 22. The monoisotopic (exact) mass is 502 g/mol. The lowest BCUT2D eigenvalue weighted by atomic mass is 9.82.